The Morgan fingerprint density at radius 3 is 2.73 bits per heavy atom. The molecule has 0 radical (unpaired) electrons. The zero-order valence-electron chi connectivity index (χ0n) is 9.41. The molecule has 1 atom stereocenters. The summed E-state index contributed by atoms with van der Waals surface area (Å²) >= 11 is 1.93. The zero-order chi connectivity index (χ0) is 10.7. The van der Waals surface area contributed by atoms with E-state index in [2.05, 4.69) is 19.1 Å². The van der Waals surface area contributed by atoms with Crippen molar-refractivity contribution in [2.45, 2.75) is 51.6 Å². The van der Waals surface area contributed by atoms with Gasteiger partial charge < -0.3 is 5.11 Å². The highest BCUT2D eigenvalue weighted by Crippen LogP contribution is 2.34. The van der Waals surface area contributed by atoms with Crippen molar-refractivity contribution in [2.24, 2.45) is 5.92 Å². The summed E-state index contributed by atoms with van der Waals surface area (Å²) < 4.78 is 0. The van der Waals surface area contributed by atoms with Gasteiger partial charge in [0.1, 0.15) is 0 Å². The third-order valence-corrected chi connectivity index (χ3v) is 4.44. The fourth-order valence-electron chi connectivity index (χ4n) is 1.95. The minimum absolute atomic E-state index is 0.0180. The van der Waals surface area contributed by atoms with Crippen LogP contribution < -0.4 is 0 Å². The van der Waals surface area contributed by atoms with Crippen molar-refractivity contribution in [3.05, 3.63) is 21.9 Å². The van der Waals surface area contributed by atoms with E-state index in [1.807, 2.05) is 11.3 Å². The molecule has 1 N–H and O–H groups in total. The van der Waals surface area contributed by atoms with Crippen LogP contribution in [-0.4, -0.2) is 11.2 Å². The first-order valence-electron chi connectivity index (χ1n) is 6.05. The lowest BCUT2D eigenvalue weighted by Crippen LogP contribution is -2.08. The summed E-state index contributed by atoms with van der Waals surface area (Å²) in [6.45, 7) is 2.20. The maximum atomic E-state index is 9.72. The van der Waals surface area contributed by atoms with Gasteiger partial charge in [0.15, 0.2) is 0 Å². The molecule has 0 saturated heterocycles. The third-order valence-electron chi connectivity index (χ3n) is 3.15. The SMILES string of the molecule is CCc1ccc(CCCC(O)C2CC2)s1. The van der Waals surface area contributed by atoms with Gasteiger partial charge in [-0.25, -0.2) is 0 Å². The normalized spacial score (nSPS) is 18.0. The van der Waals surface area contributed by atoms with Crippen molar-refractivity contribution in [2.75, 3.05) is 0 Å². The van der Waals surface area contributed by atoms with Crippen LogP contribution in [-0.2, 0) is 12.8 Å². The topological polar surface area (TPSA) is 20.2 Å². The Morgan fingerprint density at radius 2 is 2.13 bits per heavy atom. The number of thiophene rings is 1. The van der Waals surface area contributed by atoms with Crippen LogP contribution in [0.5, 0.6) is 0 Å². The molecule has 1 fully saturated rings. The number of aliphatic hydroxyl groups is 1. The number of aryl methyl sites for hydroxylation is 2. The highest BCUT2D eigenvalue weighted by molar-refractivity contribution is 7.11. The summed E-state index contributed by atoms with van der Waals surface area (Å²) in [4.78, 5) is 2.96. The molecule has 84 valence electrons. The molecule has 0 aromatic carbocycles. The molecule has 1 nitrogen and oxygen atoms in total. The Hall–Kier alpha value is -0.340. The molecular formula is C13H20OS. The van der Waals surface area contributed by atoms with Gasteiger partial charge in [-0.2, -0.15) is 0 Å². The Bertz CT molecular complexity index is 301. The largest absolute Gasteiger partial charge is 0.393 e. The molecule has 15 heavy (non-hydrogen) atoms. The van der Waals surface area contributed by atoms with Gasteiger partial charge in [0.2, 0.25) is 0 Å². The van der Waals surface area contributed by atoms with Crippen molar-refractivity contribution in [3.8, 4) is 0 Å². The second-order valence-electron chi connectivity index (χ2n) is 4.52. The number of hydrogen-bond donors (Lipinski definition) is 1. The quantitative estimate of drug-likeness (QED) is 0.785. The van der Waals surface area contributed by atoms with Gasteiger partial charge in [-0.15, -0.1) is 11.3 Å². The van der Waals surface area contributed by atoms with Crippen molar-refractivity contribution in [3.63, 3.8) is 0 Å². The maximum Gasteiger partial charge on any atom is 0.0568 e. The maximum absolute atomic E-state index is 9.72. The predicted molar refractivity (Wildman–Crippen MR) is 65.4 cm³/mol. The van der Waals surface area contributed by atoms with Crippen LogP contribution in [0, 0.1) is 5.92 Å². The average molecular weight is 224 g/mol. The van der Waals surface area contributed by atoms with Crippen LogP contribution >= 0.6 is 11.3 Å². The predicted octanol–water partition coefficient (Wildman–Crippen LogP) is 3.40. The first-order valence-corrected chi connectivity index (χ1v) is 6.87. The molecule has 1 unspecified atom stereocenters. The minimum atomic E-state index is -0.0180. The molecule has 1 saturated carbocycles. The van der Waals surface area contributed by atoms with E-state index in [9.17, 15) is 5.11 Å². The van der Waals surface area contributed by atoms with Crippen LogP contribution in [0.3, 0.4) is 0 Å². The van der Waals surface area contributed by atoms with Crippen LogP contribution in [0.15, 0.2) is 12.1 Å². The summed E-state index contributed by atoms with van der Waals surface area (Å²) in [7, 11) is 0. The van der Waals surface area contributed by atoms with Crippen molar-refractivity contribution < 1.29 is 5.11 Å². The lowest BCUT2D eigenvalue weighted by Gasteiger charge is -2.07. The number of aliphatic hydroxyl groups excluding tert-OH is 1. The first kappa shape index (κ1) is 11.2. The molecule has 1 aliphatic rings. The summed E-state index contributed by atoms with van der Waals surface area (Å²) in [5.41, 5.74) is 0. The fourth-order valence-corrected chi connectivity index (χ4v) is 2.95. The Morgan fingerprint density at radius 1 is 1.40 bits per heavy atom. The minimum Gasteiger partial charge on any atom is -0.393 e. The van der Waals surface area contributed by atoms with Gasteiger partial charge in [-0.05, 0) is 56.6 Å². The molecule has 1 heterocycles. The summed E-state index contributed by atoms with van der Waals surface area (Å²) in [6.07, 6.45) is 6.91. The smallest absolute Gasteiger partial charge is 0.0568 e. The van der Waals surface area contributed by atoms with Gasteiger partial charge in [0.05, 0.1) is 6.10 Å². The lowest BCUT2D eigenvalue weighted by molar-refractivity contribution is 0.139. The van der Waals surface area contributed by atoms with E-state index in [-0.39, 0.29) is 6.10 Å². The van der Waals surface area contributed by atoms with E-state index >= 15 is 0 Å². The molecular weight excluding hydrogens is 204 g/mol. The van der Waals surface area contributed by atoms with Crippen molar-refractivity contribution >= 4 is 11.3 Å². The third kappa shape index (κ3) is 3.32. The molecule has 2 heteroatoms. The molecule has 1 aromatic rings. The molecule has 0 bridgehead atoms. The van der Waals surface area contributed by atoms with Crippen LogP contribution in [0.2, 0.25) is 0 Å². The van der Waals surface area contributed by atoms with Gasteiger partial charge in [0, 0.05) is 9.75 Å². The van der Waals surface area contributed by atoms with Gasteiger partial charge in [-0.1, -0.05) is 6.92 Å². The summed E-state index contributed by atoms with van der Waals surface area (Å²) in [6, 6.07) is 4.48. The van der Waals surface area contributed by atoms with Crippen molar-refractivity contribution in [1.29, 1.82) is 0 Å². The van der Waals surface area contributed by atoms with Gasteiger partial charge in [0.25, 0.3) is 0 Å². The summed E-state index contributed by atoms with van der Waals surface area (Å²) in [5.74, 6) is 0.638. The van der Waals surface area contributed by atoms with E-state index in [1.54, 1.807) is 0 Å². The van der Waals surface area contributed by atoms with Crippen LogP contribution in [0.4, 0.5) is 0 Å². The monoisotopic (exact) mass is 224 g/mol. The highest BCUT2D eigenvalue weighted by Gasteiger charge is 2.28. The van der Waals surface area contributed by atoms with Crippen LogP contribution in [0.25, 0.3) is 0 Å². The van der Waals surface area contributed by atoms with Gasteiger partial charge in [-0.3, -0.25) is 0 Å². The molecule has 1 aromatic heterocycles. The molecule has 1 aliphatic carbocycles. The number of hydrogen-bond acceptors (Lipinski definition) is 2. The van der Waals surface area contributed by atoms with Crippen LogP contribution in [0.1, 0.15) is 42.4 Å². The van der Waals surface area contributed by atoms with E-state index in [4.69, 9.17) is 0 Å². The summed E-state index contributed by atoms with van der Waals surface area (Å²) in [5, 5.41) is 9.72. The second-order valence-corrected chi connectivity index (χ2v) is 5.77. The van der Waals surface area contributed by atoms with Gasteiger partial charge >= 0.3 is 0 Å². The Balaban J connectivity index is 1.68. The highest BCUT2D eigenvalue weighted by atomic mass is 32.1. The van der Waals surface area contributed by atoms with E-state index < -0.39 is 0 Å². The molecule has 2 rings (SSSR count). The second kappa shape index (κ2) is 5.13. The molecule has 0 spiro atoms. The Labute approximate surface area is 96.1 Å². The first-order chi connectivity index (χ1) is 7.29. The molecule has 0 aliphatic heterocycles. The fraction of sp³-hybridized carbons (Fsp3) is 0.692. The van der Waals surface area contributed by atoms with E-state index in [0.29, 0.717) is 5.92 Å². The Kier molecular flexibility index (Phi) is 3.81. The standard InChI is InChI=1S/C13H20OS/c1-2-11-8-9-12(15-11)4-3-5-13(14)10-6-7-10/h8-10,13-14H,2-7H2,1H3. The molecule has 0 amide bonds. The average Bonchev–Trinajstić information content (AvgIpc) is 2.99. The van der Waals surface area contributed by atoms with Crippen molar-refractivity contribution in [1.82, 2.24) is 0 Å². The number of rotatable bonds is 6. The van der Waals surface area contributed by atoms with E-state index in [0.717, 1.165) is 25.7 Å². The zero-order valence-corrected chi connectivity index (χ0v) is 10.2. The lowest BCUT2D eigenvalue weighted by atomic mass is 10.1. The van der Waals surface area contributed by atoms with E-state index in [1.165, 1.54) is 22.6 Å².